The van der Waals surface area contributed by atoms with Crippen LogP contribution in [-0.2, 0) is 0 Å². The van der Waals surface area contributed by atoms with Gasteiger partial charge in [-0.05, 0) is 55.3 Å². The lowest BCUT2D eigenvalue weighted by atomic mass is 9.98. The summed E-state index contributed by atoms with van der Waals surface area (Å²) in [4.78, 5) is 0. The second kappa shape index (κ2) is 7.48. The Labute approximate surface area is 132 Å². The molecule has 21 heavy (non-hydrogen) atoms. The van der Waals surface area contributed by atoms with Gasteiger partial charge >= 0.3 is 0 Å². The van der Waals surface area contributed by atoms with Gasteiger partial charge in [0.25, 0.3) is 0 Å². The minimum Gasteiger partial charge on any atom is -0.492 e. The average Bonchev–Trinajstić information content (AvgIpc) is 2.47. The highest BCUT2D eigenvalue weighted by Gasteiger charge is 2.14. The van der Waals surface area contributed by atoms with E-state index in [2.05, 4.69) is 44.3 Å². The van der Waals surface area contributed by atoms with Crippen molar-refractivity contribution in [3.05, 3.63) is 64.2 Å². The molecule has 0 heterocycles. The van der Waals surface area contributed by atoms with E-state index in [1.54, 1.807) is 0 Å². The molecule has 1 N–H and O–H groups in total. The van der Waals surface area contributed by atoms with Crippen molar-refractivity contribution in [2.45, 2.75) is 26.8 Å². The Morgan fingerprint density at radius 2 is 1.90 bits per heavy atom. The third-order valence-corrected chi connectivity index (χ3v) is 3.92. The summed E-state index contributed by atoms with van der Waals surface area (Å²) in [5.74, 6) is 0.802. The zero-order chi connectivity index (χ0) is 15.2. The highest BCUT2D eigenvalue weighted by Crippen LogP contribution is 2.23. The molecule has 0 spiro atoms. The van der Waals surface area contributed by atoms with Crippen molar-refractivity contribution < 1.29 is 4.74 Å². The molecule has 3 heteroatoms. The summed E-state index contributed by atoms with van der Waals surface area (Å²) in [6.07, 6.45) is 0. The van der Waals surface area contributed by atoms with Crippen LogP contribution in [0, 0.1) is 13.8 Å². The van der Waals surface area contributed by atoms with Gasteiger partial charge in [0, 0.05) is 5.02 Å². The molecule has 0 fully saturated rings. The molecule has 0 bridgehead atoms. The lowest BCUT2D eigenvalue weighted by molar-refractivity contribution is 0.267. The zero-order valence-corrected chi connectivity index (χ0v) is 13.6. The fraction of sp³-hybridized carbons (Fsp3) is 0.333. The molecule has 0 aromatic heterocycles. The highest BCUT2D eigenvalue weighted by molar-refractivity contribution is 6.30. The molecule has 2 nitrogen and oxygen atoms in total. The smallest absolute Gasteiger partial charge is 0.120 e. The summed E-state index contributed by atoms with van der Waals surface area (Å²) < 4.78 is 5.90. The number of hydrogen-bond acceptors (Lipinski definition) is 2. The van der Waals surface area contributed by atoms with E-state index in [-0.39, 0.29) is 6.04 Å². The molecule has 0 aliphatic heterocycles. The molecular formula is C18H22ClNO. The van der Waals surface area contributed by atoms with Crippen LogP contribution in [0.2, 0.25) is 5.02 Å². The Hall–Kier alpha value is -1.51. The first-order valence-electron chi connectivity index (χ1n) is 7.29. The topological polar surface area (TPSA) is 21.3 Å². The van der Waals surface area contributed by atoms with Crippen LogP contribution in [0.1, 0.15) is 29.7 Å². The lowest BCUT2D eigenvalue weighted by Gasteiger charge is -2.22. The van der Waals surface area contributed by atoms with Crippen LogP contribution in [-0.4, -0.2) is 13.2 Å². The second-order valence-corrected chi connectivity index (χ2v) is 5.60. The third kappa shape index (κ3) is 4.23. The molecule has 1 unspecified atom stereocenters. The summed E-state index contributed by atoms with van der Waals surface area (Å²) in [6, 6.07) is 14.1. The van der Waals surface area contributed by atoms with Crippen molar-refractivity contribution >= 4 is 11.6 Å². The molecule has 0 aliphatic carbocycles. The van der Waals surface area contributed by atoms with Gasteiger partial charge in [0.15, 0.2) is 0 Å². The molecule has 0 amide bonds. The van der Waals surface area contributed by atoms with E-state index in [9.17, 15) is 0 Å². The van der Waals surface area contributed by atoms with E-state index in [1.807, 2.05) is 24.3 Å². The fourth-order valence-electron chi connectivity index (χ4n) is 2.39. The van der Waals surface area contributed by atoms with Gasteiger partial charge in [-0.3, -0.25) is 0 Å². The molecule has 2 rings (SSSR count). The first-order chi connectivity index (χ1) is 10.1. The van der Waals surface area contributed by atoms with E-state index in [4.69, 9.17) is 16.3 Å². The van der Waals surface area contributed by atoms with Gasteiger partial charge in [-0.1, -0.05) is 42.8 Å². The number of benzene rings is 2. The van der Waals surface area contributed by atoms with Crippen molar-refractivity contribution in [2.24, 2.45) is 0 Å². The van der Waals surface area contributed by atoms with Crippen LogP contribution in [0.15, 0.2) is 42.5 Å². The molecule has 112 valence electrons. The molecule has 2 aromatic carbocycles. The molecular weight excluding hydrogens is 282 g/mol. The van der Waals surface area contributed by atoms with E-state index >= 15 is 0 Å². The first kappa shape index (κ1) is 15.9. The first-order valence-corrected chi connectivity index (χ1v) is 7.67. The van der Waals surface area contributed by atoms with Gasteiger partial charge in [0.05, 0.1) is 6.04 Å². The molecule has 0 radical (unpaired) electrons. The summed E-state index contributed by atoms with van der Waals surface area (Å²) in [5, 5.41) is 4.19. The van der Waals surface area contributed by atoms with Gasteiger partial charge in [0.1, 0.15) is 12.4 Å². The van der Waals surface area contributed by atoms with Gasteiger partial charge in [0.2, 0.25) is 0 Å². The molecule has 0 saturated carbocycles. The average molecular weight is 304 g/mol. The van der Waals surface area contributed by atoms with Crippen LogP contribution < -0.4 is 10.1 Å². The van der Waals surface area contributed by atoms with Crippen LogP contribution in [0.4, 0.5) is 0 Å². The number of likely N-dealkylation sites (N-methyl/N-ethyl adjacent to an activating group) is 1. The Morgan fingerprint density at radius 1 is 1.14 bits per heavy atom. The van der Waals surface area contributed by atoms with E-state index in [0.717, 1.165) is 12.3 Å². The summed E-state index contributed by atoms with van der Waals surface area (Å²) in [7, 11) is 0. The van der Waals surface area contributed by atoms with E-state index in [1.165, 1.54) is 16.7 Å². The van der Waals surface area contributed by atoms with Crippen LogP contribution >= 0.6 is 11.6 Å². The minimum absolute atomic E-state index is 0.175. The van der Waals surface area contributed by atoms with Gasteiger partial charge in [-0.2, -0.15) is 0 Å². The number of rotatable bonds is 6. The van der Waals surface area contributed by atoms with Crippen molar-refractivity contribution in [3.63, 3.8) is 0 Å². The van der Waals surface area contributed by atoms with Gasteiger partial charge < -0.3 is 10.1 Å². The zero-order valence-electron chi connectivity index (χ0n) is 12.8. The molecule has 0 aliphatic rings. The predicted molar refractivity (Wildman–Crippen MR) is 89.3 cm³/mol. The fourth-order valence-corrected chi connectivity index (χ4v) is 2.57. The van der Waals surface area contributed by atoms with E-state index < -0.39 is 0 Å². The lowest BCUT2D eigenvalue weighted by Crippen LogP contribution is -2.27. The SMILES string of the molecule is CCNC(COc1cccc(Cl)c1)c1cccc(C)c1C. The maximum atomic E-state index is 5.99. The maximum absolute atomic E-state index is 5.99. The summed E-state index contributed by atoms with van der Waals surface area (Å²) in [6.45, 7) is 7.89. The Morgan fingerprint density at radius 3 is 2.62 bits per heavy atom. The Bertz CT molecular complexity index is 598. The summed E-state index contributed by atoms with van der Waals surface area (Å²) >= 11 is 5.99. The number of aryl methyl sites for hydroxylation is 1. The Kier molecular flexibility index (Phi) is 5.66. The van der Waals surface area contributed by atoms with E-state index in [0.29, 0.717) is 11.6 Å². The predicted octanol–water partition coefficient (Wildman–Crippen LogP) is 4.69. The standard InChI is InChI=1S/C18H22ClNO/c1-4-20-18(17-10-5-7-13(2)14(17)3)12-21-16-9-6-8-15(19)11-16/h5-11,18,20H,4,12H2,1-3H3. The van der Waals surface area contributed by atoms with Crippen molar-refractivity contribution in [1.29, 1.82) is 0 Å². The van der Waals surface area contributed by atoms with Gasteiger partial charge in [-0.25, -0.2) is 0 Å². The molecule has 1 atom stereocenters. The Balaban J connectivity index is 2.14. The minimum atomic E-state index is 0.175. The van der Waals surface area contributed by atoms with Crippen molar-refractivity contribution in [1.82, 2.24) is 5.32 Å². The number of halogens is 1. The second-order valence-electron chi connectivity index (χ2n) is 5.17. The number of ether oxygens (including phenoxy) is 1. The molecule has 2 aromatic rings. The summed E-state index contributed by atoms with van der Waals surface area (Å²) in [5.41, 5.74) is 3.91. The highest BCUT2D eigenvalue weighted by atomic mass is 35.5. The monoisotopic (exact) mass is 303 g/mol. The van der Waals surface area contributed by atoms with Crippen LogP contribution in [0.3, 0.4) is 0 Å². The van der Waals surface area contributed by atoms with Crippen molar-refractivity contribution in [3.8, 4) is 5.75 Å². The number of nitrogens with one attached hydrogen (secondary N) is 1. The van der Waals surface area contributed by atoms with Crippen LogP contribution in [0.5, 0.6) is 5.75 Å². The maximum Gasteiger partial charge on any atom is 0.120 e. The normalized spacial score (nSPS) is 12.2. The number of hydrogen-bond donors (Lipinski definition) is 1. The quantitative estimate of drug-likeness (QED) is 0.836. The van der Waals surface area contributed by atoms with Gasteiger partial charge in [-0.15, -0.1) is 0 Å². The van der Waals surface area contributed by atoms with Crippen molar-refractivity contribution in [2.75, 3.05) is 13.2 Å². The largest absolute Gasteiger partial charge is 0.492 e. The van der Waals surface area contributed by atoms with Crippen LogP contribution in [0.25, 0.3) is 0 Å². The molecule has 0 saturated heterocycles. The third-order valence-electron chi connectivity index (χ3n) is 3.69.